The van der Waals surface area contributed by atoms with Crippen molar-refractivity contribution in [3.63, 3.8) is 0 Å². The molecule has 2 aromatic carbocycles. The number of benzene rings is 2. The zero-order valence-electron chi connectivity index (χ0n) is 15.7. The molecule has 1 heterocycles. The maximum Gasteiger partial charge on any atom is 0.375 e. The van der Waals surface area contributed by atoms with Crippen molar-refractivity contribution in [3.8, 4) is 5.75 Å². The Bertz CT molecular complexity index is 1100. The van der Waals surface area contributed by atoms with Gasteiger partial charge in [0.1, 0.15) is 5.75 Å². The van der Waals surface area contributed by atoms with Gasteiger partial charge in [-0.05, 0) is 48.9 Å². The van der Waals surface area contributed by atoms with Crippen molar-refractivity contribution in [2.45, 2.75) is 30.0 Å². The molecular weight excluding hydrogens is 489 g/mol. The van der Waals surface area contributed by atoms with Crippen LogP contribution in [0.1, 0.15) is 12.5 Å². The Hall–Kier alpha value is -2.33. The van der Waals surface area contributed by atoms with E-state index < -0.39 is 39.8 Å². The summed E-state index contributed by atoms with van der Waals surface area (Å²) in [4.78, 5) is 12.4. The van der Waals surface area contributed by atoms with Crippen LogP contribution in [0.5, 0.6) is 5.75 Å². The summed E-state index contributed by atoms with van der Waals surface area (Å²) < 4.78 is 75.8. The Balaban J connectivity index is 2.17. The smallest absolute Gasteiger partial charge is 0.375 e. The molecule has 0 aliphatic carbocycles. The second-order valence-electron chi connectivity index (χ2n) is 6.79. The molecule has 2 aromatic rings. The van der Waals surface area contributed by atoms with Gasteiger partial charge in [0.2, 0.25) is 11.9 Å². The molecule has 0 amide bonds. The molecule has 160 valence electrons. The molecule has 30 heavy (non-hydrogen) atoms. The maximum atomic E-state index is 14.5. The minimum absolute atomic E-state index is 0.0279. The number of esters is 1. The van der Waals surface area contributed by atoms with E-state index in [4.69, 9.17) is 9.47 Å². The Morgan fingerprint density at radius 3 is 2.10 bits per heavy atom. The van der Waals surface area contributed by atoms with Crippen LogP contribution < -0.4 is 4.74 Å². The first-order valence-corrected chi connectivity index (χ1v) is 11.3. The third kappa shape index (κ3) is 4.24. The predicted octanol–water partition coefficient (Wildman–Crippen LogP) is 4.56. The summed E-state index contributed by atoms with van der Waals surface area (Å²) in [5.74, 6) is -1.35. The van der Waals surface area contributed by atoms with E-state index in [0.29, 0.717) is 0 Å². The molecule has 0 saturated carbocycles. The summed E-state index contributed by atoms with van der Waals surface area (Å²) in [6.07, 6.45) is -5.26. The normalized spacial score (nSPS) is 20.4. The van der Waals surface area contributed by atoms with Crippen LogP contribution in [0.3, 0.4) is 0 Å². The number of sulfone groups is 1. The fourth-order valence-electron chi connectivity index (χ4n) is 3.05. The highest BCUT2D eigenvalue weighted by Gasteiger charge is 2.55. The van der Waals surface area contributed by atoms with Crippen molar-refractivity contribution in [2.24, 2.45) is 0 Å². The summed E-state index contributed by atoms with van der Waals surface area (Å²) in [5.41, 5.74) is -2.45. The van der Waals surface area contributed by atoms with Crippen molar-refractivity contribution < 1.29 is 35.9 Å². The second kappa shape index (κ2) is 8.07. The van der Waals surface area contributed by atoms with Crippen LogP contribution in [0.4, 0.5) is 13.2 Å². The molecule has 2 unspecified atom stereocenters. The topological polar surface area (TPSA) is 69.7 Å². The van der Waals surface area contributed by atoms with Gasteiger partial charge >= 0.3 is 5.97 Å². The van der Waals surface area contributed by atoms with E-state index >= 15 is 0 Å². The SMILES string of the molecule is CC1(C(F)C(F)F)OC(=O)C(Oc2ccc(Br)cc2)=C1c1ccc(S(C)(=O)=O)cc1. The van der Waals surface area contributed by atoms with Crippen molar-refractivity contribution in [2.75, 3.05) is 6.26 Å². The van der Waals surface area contributed by atoms with Gasteiger partial charge < -0.3 is 9.47 Å². The highest BCUT2D eigenvalue weighted by Crippen LogP contribution is 2.45. The molecule has 0 aromatic heterocycles. The fourth-order valence-corrected chi connectivity index (χ4v) is 3.95. The Labute approximate surface area is 179 Å². The van der Waals surface area contributed by atoms with E-state index in [9.17, 15) is 26.4 Å². The standard InChI is InChI=1S/C20H16BrF3O5S/c1-20(17(22)18(23)24)15(11-3-9-14(10-4-11)30(2,26)27)16(19(25)29-20)28-13-7-5-12(21)6-8-13/h3-10,17-18H,1-2H3. The molecule has 0 fully saturated rings. The lowest BCUT2D eigenvalue weighted by molar-refractivity contribution is -0.156. The van der Waals surface area contributed by atoms with Crippen molar-refractivity contribution in [3.05, 3.63) is 64.3 Å². The van der Waals surface area contributed by atoms with Gasteiger partial charge in [-0.3, -0.25) is 0 Å². The number of alkyl halides is 3. The lowest BCUT2D eigenvalue weighted by Gasteiger charge is -2.29. The predicted molar refractivity (Wildman–Crippen MR) is 107 cm³/mol. The first-order valence-electron chi connectivity index (χ1n) is 8.57. The summed E-state index contributed by atoms with van der Waals surface area (Å²) in [6.45, 7) is 1.03. The van der Waals surface area contributed by atoms with Crippen LogP contribution in [0.25, 0.3) is 5.57 Å². The highest BCUT2D eigenvalue weighted by molar-refractivity contribution is 9.10. The van der Waals surface area contributed by atoms with Crippen molar-refractivity contribution in [1.29, 1.82) is 0 Å². The largest absolute Gasteiger partial charge is 0.449 e. The number of cyclic esters (lactones) is 1. The van der Waals surface area contributed by atoms with Crippen LogP contribution in [-0.2, 0) is 19.4 Å². The van der Waals surface area contributed by atoms with E-state index in [2.05, 4.69) is 15.9 Å². The molecule has 0 spiro atoms. The molecular formula is C20H16BrF3O5S. The Morgan fingerprint density at radius 1 is 1.03 bits per heavy atom. The van der Waals surface area contributed by atoms with E-state index in [-0.39, 0.29) is 21.8 Å². The van der Waals surface area contributed by atoms with Crippen LogP contribution in [-0.4, -0.2) is 38.8 Å². The van der Waals surface area contributed by atoms with Gasteiger partial charge in [-0.25, -0.2) is 26.4 Å². The zero-order valence-corrected chi connectivity index (χ0v) is 18.1. The van der Waals surface area contributed by atoms with Crippen LogP contribution in [0.2, 0.25) is 0 Å². The van der Waals surface area contributed by atoms with Gasteiger partial charge in [-0.15, -0.1) is 0 Å². The number of ether oxygens (including phenoxy) is 2. The molecule has 5 nitrogen and oxygen atoms in total. The second-order valence-corrected chi connectivity index (χ2v) is 9.72. The lowest BCUT2D eigenvalue weighted by Crippen LogP contribution is -2.42. The highest BCUT2D eigenvalue weighted by atomic mass is 79.9. The summed E-state index contributed by atoms with van der Waals surface area (Å²) >= 11 is 3.25. The quantitative estimate of drug-likeness (QED) is 0.539. The molecule has 0 radical (unpaired) electrons. The van der Waals surface area contributed by atoms with E-state index in [1.807, 2.05) is 0 Å². The number of hydrogen-bond donors (Lipinski definition) is 0. The molecule has 0 bridgehead atoms. The number of rotatable bonds is 6. The zero-order chi connectivity index (χ0) is 22.3. The average Bonchev–Trinajstić information content (AvgIpc) is 2.93. The van der Waals surface area contributed by atoms with E-state index in [0.717, 1.165) is 17.7 Å². The van der Waals surface area contributed by atoms with Gasteiger partial charge in [0.05, 0.1) is 10.5 Å². The molecule has 1 aliphatic rings. The first kappa shape index (κ1) is 22.4. The lowest BCUT2D eigenvalue weighted by atomic mass is 9.86. The third-order valence-electron chi connectivity index (χ3n) is 4.57. The molecule has 1 aliphatic heterocycles. The van der Waals surface area contributed by atoms with E-state index in [1.165, 1.54) is 36.4 Å². The average molecular weight is 505 g/mol. The molecule has 0 saturated heterocycles. The van der Waals surface area contributed by atoms with Gasteiger partial charge in [0.25, 0.3) is 6.43 Å². The number of carbonyl (C=O) groups excluding carboxylic acids is 1. The monoisotopic (exact) mass is 504 g/mol. The Kier molecular flexibility index (Phi) is 6.01. The molecule has 2 atom stereocenters. The van der Waals surface area contributed by atoms with Gasteiger partial charge in [-0.1, -0.05) is 28.1 Å². The summed E-state index contributed by atoms with van der Waals surface area (Å²) in [6, 6.07) is 11.3. The maximum absolute atomic E-state index is 14.5. The Morgan fingerprint density at radius 2 is 1.60 bits per heavy atom. The van der Waals surface area contributed by atoms with E-state index in [1.54, 1.807) is 12.1 Å². The molecule has 3 rings (SSSR count). The van der Waals surface area contributed by atoms with Crippen LogP contribution in [0.15, 0.2) is 63.7 Å². The van der Waals surface area contributed by atoms with Crippen LogP contribution in [0, 0.1) is 0 Å². The third-order valence-corrected chi connectivity index (χ3v) is 6.22. The van der Waals surface area contributed by atoms with Crippen molar-refractivity contribution in [1.82, 2.24) is 0 Å². The molecule has 10 heteroatoms. The van der Waals surface area contributed by atoms with Crippen molar-refractivity contribution >= 4 is 37.3 Å². The van der Waals surface area contributed by atoms with Gasteiger partial charge in [-0.2, -0.15) is 0 Å². The number of carbonyl (C=O) groups is 1. The fraction of sp³-hybridized carbons (Fsp3) is 0.250. The number of hydrogen-bond acceptors (Lipinski definition) is 5. The minimum Gasteiger partial charge on any atom is -0.449 e. The number of halogens is 4. The first-order chi connectivity index (χ1) is 13.9. The summed E-state index contributed by atoms with van der Waals surface area (Å²) in [5, 5.41) is 0. The minimum atomic E-state index is -3.52. The molecule has 0 N–H and O–H groups in total. The van der Waals surface area contributed by atoms with Gasteiger partial charge in [0.15, 0.2) is 15.4 Å². The van der Waals surface area contributed by atoms with Crippen LogP contribution >= 0.6 is 15.9 Å². The summed E-state index contributed by atoms with van der Waals surface area (Å²) in [7, 11) is -3.52. The van der Waals surface area contributed by atoms with Gasteiger partial charge in [0, 0.05) is 10.7 Å².